The quantitative estimate of drug-likeness (QED) is 0.866. The summed E-state index contributed by atoms with van der Waals surface area (Å²) < 4.78 is 38.1. The fraction of sp³-hybridized carbons (Fsp3) is 0.333. The van der Waals surface area contributed by atoms with Crippen molar-refractivity contribution in [3.05, 3.63) is 56.8 Å². The molecule has 0 aliphatic carbocycles. The Morgan fingerprint density at radius 2 is 1.75 bits per heavy atom. The molecular formula is C15H16F3NS. The second kappa shape index (κ2) is 5.58. The lowest BCUT2D eigenvalue weighted by Gasteiger charge is -2.20. The molecule has 0 amide bonds. The van der Waals surface area contributed by atoms with Gasteiger partial charge in [-0.3, -0.25) is 0 Å². The molecule has 0 bridgehead atoms. The Balaban J connectivity index is 2.44. The SMILES string of the molecule is CNC(c1ccc(C(F)(F)F)cc1C)c1cscc1C. The Morgan fingerprint density at radius 1 is 1.05 bits per heavy atom. The van der Waals surface area contributed by atoms with Gasteiger partial charge in [0.25, 0.3) is 0 Å². The van der Waals surface area contributed by atoms with Gasteiger partial charge in [-0.2, -0.15) is 24.5 Å². The van der Waals surface area contributed by atoms with Gasteiger partial charge in [-0.15, -0.1) is 0 Å². The van der Waals surface area contributed by atoms with Crippen LogP contribution >= 0.6 is 11.3 Å². The molecule has 2 rings (SSSR count). The number of hydrogen-bond donors (Lipinski definition) is 1. The maximum absolute atomic E-state index is 12.7. The molecule has 0 saturated heterocycles. The van der Waals surface area contributed by atoms with Gasteiger partial charge in [0.15, 0.2) is 0 Å². The van der Waals surface area contributed by atoms with Gasteiger partial charge in [-0.1, -0.05) is 6.07 Å². The summed E-state index contributed by atoms with van der Waals surface area (Å²) in [6.45, 7) is 3.73. The average Bonchev–Trinajstić information content (AvgIpc) is 2.77. The van der Waals surface area contributed by atoms with Crippen LogP contribution in [-0.4, -0.2) is 7.05 Å². The Bertz CT molecular complexity index is 601. The first-order chi connectivity index (χ1) is 9.34. The van der Waals surface area contributed by atoms with Crippen LogP contribution in [0.25, 0.3) is 0 Å². The highest BCUT2D eigenvalue weighted by molar-refractivity contribution is 7.08. The molecule has 0 saturated carbocycles. The minimum atomic E-state index is -4.29. The first-order valence-corrected chi connectivity index (χ1v) is 7.16. The normalized spacial score (nSPS) is 13.5. The van der Waals surface area contributed by atoms with E-state index in [0.717, 1.165) is 22.8 Å². The summed E-state index contributed by atoms with van der Waals surface area (Å²) >= 11 is 1.60. The summed E-state index contributed by atoms with van der Waals surface area (Å²) in [5, 5.41) is 7.26. The van der Waals surface area contributed by atoms with Gasteiger partial charge < -0.3 is 5.32 Å². The largest absolute Gasteiger partial charge is 0.416 e. The number of rotatable bonds is 3. The summed E-state index contributed by atoms with van der Waals surface area (Å²) in [4.78, 5) is 0. The van der Waals surface area contributed by atoms with Crippen LogP contribution < -0.4 is 5.32 Å². The molecule has 1 atom stereocenters. The van der Waals surface area contributed by atoms with Crippen LogP contribution in [0.5, 0.6) is 0 Å². The number of thiophene rings is 1. The van der Waals surface area contributed by atoms with Crippen molar-refractivity contribution < 1.29 is 13.2 Å². The molecule has 0 aliphatic rings. The van der Waals surface area contributed by atoms with Gasteiger partial charge in [-0.05, 0) is 66.0 Å². The molecular weight excluding hydrogens is 283 g/mol. The van der Waals surface area contributed by atoms with Crippen molar-refractivity contribution in [2.45, 2.75) is 26.1 Å². The van der Waals surface area contributed by atoms with Crippen molar-refractivity contribution in [3.63, 3.8) is 0 Å². The van der Waals surface area contributed by atoms with Crippen molar-refractivity contribution in [2.75, 3.05) is 7.05 Å². The zero-order valence-corrected chi connectivity index (χ0v) is 12.3. The number of halogens is 3. The number of nitrogens with one attached hydrogen (secondary N) is 1. The minimum Gasteiger partial charge on any atom is -0.309 e. The van der Waals surface area contributed by atoms with E-state index in [1.165, 1.54) is 6.07 Å². The summed E-state index contributed by atoms with van der Waals surface area (Å²) in [5.41, 5.74) is 3.18. The van der Waals surface area contributed by atoms with Gasteiger partial charge in [0.1, 0.15) is 0 Å². The fourth-order valence-electron chi connectivity index (χ4n) is 2.32. The van der Waals surface area contributed by atoms with Gasteiger partial charge in [0.2, 0.25) is 0 Å². The molecule has 0 spiro atoms. The first kappa shape index (κ1) is 15.1. The van der Waals surface area contributed by atoms with Crippen LogP contribution in [0.4, 0.5) is 13.2 Å². The molecule has 20 heavy (non-hydrogen) atoms. The summed E-state index contributed by atoms with van der Waals surface area (Å²) in [7, 11) is 1.82. The van der Waals surface area contributed by atoms with Crippen LogP contribution in [0.15, 0.2) is 29.0 Å². The predicted molar refractivity (Wildman–Crippen MR) is 76.1 cm³/mol. The molecule has 1 unspecified atom stereocenters. The molecule has 5 heteroatoms. The Labute approximate surface area is 120 Å². The van der Waals surface area contributed by atoms with Gasteiger partial charge in [0.05, 0.1) is 11.6 Å². The van der Waals surface area contributed by atoms with Crippen molar-refractivity contribution in [2.24, 2.45) is 0 Å². The Morgan fingerprint density at radius 3 is 2.20 bits per heavy atom. The maximum atomic E-state index is 12.7. The molecule has 2 aromatic rings. The van der Waals surface area contributed by atoms with Crippen LogP contribution in [-0.2, 0) is 6.18 Å². The highest BCUT2D eigenvalue weighted by Crippen LogP contribution is 2.34. The molecule has 1 heterocycles. The molecule has 0 fully saturated rings. The lowest BCUT2D eigenvalue weighted by molar-refractivity contribution is -0.137. The zero-order valence-electron chi connectivity index (χ0n) is 11.5. The number of benzene rings is 1. The minimum absolute atomic E-state index is 0.0801. The third-order valence-corrected chi connectivity index (χ3v) is 4.28. The van der Waals surface area contributed by atoms with E-state index in [-0.39, 0.29) is 6.04 Å². The second-order valence-electron chi connectivity index (χ2n) is 4.80. The molecule has 1 aromatic carbocycles. The van der Waals surface area contributed by atoms with Crippen LogP contribution in [0.2, 0.25) is 0 Å². The van der Waals surface area contributed by atoms with Crippen LogP contribution in [0.3, 0.4) is 0 Å². The van der Waals surface area contributed by atoms with E-state index < -0.39 is 11.7 Å². The van der Waals surface area contributed by atoms with Crippen molar-refractivity contribution in [1.82, 2.24) is 5.32 Å². The van der Waals surface area contributed by atoms with E-state index in [4.69, 9.17) is 0 Å². The molecule has 0 radical (unpaired) electrons. The molecule has 108 valence electrons. The van der Waals surface area contributed by atoms with E-state index in [1.54, 1.807) is 24.3 Å². The number of aryl methyl sites for hydroxylation is 2. The zero-order chi connectivity index (χ0) is 14.9. The van der Waals surface area contributed by atoms with E-state index in [2.05, 4.69) is 5.32 Å². The topological polar surface area (TPSA) is 12.0 Å². The smallest absolute Gasteiger partial charge is 0.309 e. The third-order valence-electron chi connectivity index (χ3n) is 3.40. The van der Waals surface area contributed by atoms with Crippen molar-refractivity contribution in [1.29, 1.82) is 0 Å². The van der Waals surface area contributed by atoms with E-state index >= 15 is 0 Å². The highest BCUT2D eigenvalue weighted by Gasteiger charge is 2.31. The summed E-state index contributed by atoms with van der Waals surface area (Å²) in [6, 6.07) is 3.84. The van der Waals surface area contributed by atoms with E-state index in [1.807, 2.05) is 24.7 Å². The lowest BCUT2D eigenvalue weighted by Crippen LogP contribution is -2.19. The molecule has 1 N–H and O–H groups in total. The van der Waals surface area contributed by atoms with Gasteiger partial charge >= 0.3 is 6.18 Å². The van der Waals surface area contributed by atoms with Gasteiger partial charge in [-0.25, -0.2) is 0 Å². The molecule has 0 aliphatic heterocycles. The maximum Gasteiger partial charge on any atom is 0.416 e. The van der Waals surface area contributed by atoms with E-state index in [9.17, 15) is 13.2 Å². The number of hydrogen-bond acceptors (Lipinski definition) is 2. The van der Waals surface area contributed by atoms with E-state index in [0.29, 0.717) is 5.56 Å². The standard InChI is InChI=1S/C15H16F3NS/c1-9-6-11(15(16,17)18)4-5-12(9)14(19-3)13-8-20-7-10(13)2/h4-8,14,19H,1-3H3. The second-order valence-corrected chi connectivity index (χ2v) is 5.54. The Hall–Kier alpha value is -1.33. The lowest BCUT2D eigenvalue weighted by atomic mass is 9.93. The number of alkyl halides is 3. The van der Waals surface area contributed by atoms with Gasteiger partial charge in [0, 0.05) is 0 Å². The van der Waals surface area contributed by atoms with Crippen LogP contribution in [0, 0.1) is 13.8 Å². The summed E-state index contributed by atoms with van der Waals surface area (Å²) in [6.07, 6.45) is -4.29. The fourth-order valence-corrected chi connectivity index (χ4v) is 3.20. The first-order valence-electron chi connectivity index (χ1n) is 6.22. The van der Waals surface area contributed by atoms with Crippen molar-refractivity contribution in [3.8, 4) is 0 Å². The predicted octanol–water partition coefficient (Wildman–Crippen LogP) is 4.69. The third kappa shape index (κ3) is 2.88. The average molecular weight is 299 g/mol. The Kier molecular flexibility index (Phi) is 4.20. The summed E-state index contributed by atoms with van der Waals surface area (Å²) in [5.74, 6) is 0. The highest BCUT2D eigenvalue weighted by atomic mass is 32.1. The van der Waals surface area contributed by atoms with Crippen LogP contribution in [0.1, 0.15) is 33.9 Å². The molecule has 1 aromatic heterocycles. The molecule has 1 nitrogen and oxygen atoms in total. The monoisotopic (exact) mass is 299 g/mol. The van der Waals surface area contributed by atoms with Crippen molar-refractivity contribution >= 4 is 11.3 Å².